The van der Waals surface area contributed by atoms with Gasteiger partial charge in [0.1, 0.15) is 5.75 Å². The number of amides is 2. The second-order valence-corrected chi connectivity index (χ2v) is 11.3. The van der Waals surface area contributed by atoms with Gasteiger partial charge in [0.25, 0.3) is 11.8 Å². The zero-order valence-electron chi connectivity index (χ0n) is 23.8. The minimum absolute atomic E-state index is 0.144. The summed E-state index contributed by atoms with van der Waals surface area (Å²) in [6, 6.07) is 22.6. The number of ether oxygens (including phenoxy) is 1. The third-order valence-electron chi connectivity index (χ3n) is 7.37. The smallest absolute Gasteiger partial charge is 0.255 e. The zero-order valence-corrected chi connectivity index (χ0v) is 24.6. The number of unbranched alkanes of at least 4 members (excludes halogenated alkanes) is 1. The number of hydrogen-bond acceptors (Lipinski definition) is 6. The Labute approximate surface area is 246 Å². The Kier molecular flexibility index (Phi) is 9.09. The summed E-state index contributed by atoms with van der Waals surface area (Å²) in [6.45, 7) is 4.89. The molecule has 41 heavy (non-hydrogen) atoms. The first-order chi connectivity index (χ1) is 20.0. The normalized spacial score (nSPS) is 16.5. The number of methoxy groups -OCH3 is 1. The van der Waals surface area contributed by atoms with E-state index in [-0.39, 0.29) is 17.9 Å². The largest absolute Gasteiger partial charge is 0.497 e. The maximum Gasteiger partial charge on any atom is 0.255 e. The minimum Gasteiger partial charge on any atom is -0.497 e. The van der Waals surface area contributed by atoms with Gasteiger partial charge in [-0.3, -0.25) is 9.59 Å². The van der Waals surface area contributed by atoms with Crippen molar-refractivity contribution in [2.45, 2.75) is 45.6 Å². The van der Waals surface area contributed by atoms with Crippen molar-refractivity contribution in [3.05, 3.63) is 101 Å². The van der Waals surface area contributed by atoms with E-state index in [1.165, 1.54) is 5.56 Å². The number of allylic oxidation sites excluding steroid dienone is 1. The van der Waals surface area contributed by atoms with E-state index >= 15 is 0 Å². The van der Waals surface area contributed by atoms with Gasteiger partial charge in [-0.15, -0.1) is 0 Å². The number of nitrogens with one attached hydrogen (secondary N) is 2. The molecular weight excluding hydrogens is 532 g/mol. The van der Waals surface area contributed by atoms with Gasteiger partial charge in [0.2, 0.25) is 0 Å². The molecule has 2 heterocycles. The molecular formula is C33H36N4O3S. The number of carbonyl (C=O) groups excluding carboxylic acids is 2. The van der Waals surface area contributed by atoms with Gasteiger partial charge in [-0.25, -0.2) is 4.99 Å². The first-order valence-electron chi connectivity index (χ1n) is 14.1. The average molecular weight is 569 g/mol. The van der Waals surface area contributed by atoms with E-state index in [1.807, 2.05) is 79.7 Å². The lowest BCUT2D eigenvalue weighted by Crippen LogP contribution is -2.43. The SMILES string of the molecule is CCCCc1ccc(C(=O)Nc2ccc(C3C(C(=O)Nc4ccc(OC)cc4)=C(C)N=C4SCCCN43)cc2)cc1. The van der Waals surface area contributed by atoms with Crippen LogP contribution in [0.5, 0.6) is 5.75 Å². The van der Waals surface area contributed by atoms with Crippen molar-refractivity contribution in [3.8, 4) is 5.75 Å². The van der Waals surface area contributed by atoms with Gasteiger partial charge in [-0.2, -0.15) is 0 Å². The molecule has 2 aliphatic heterocycles. The number of carbonyl (C=O) groups is 2. The number of thioether (sulfide) groups is 1. The number of anilines is 2. The van der Waals surface area contributed by atoms with Gasteiger partial charge >= 0.3 is 0 Å². The van der Waals surface area contributed by atoms with Gasteiger partial charge in [0.05, 0.1) is 24.4 Å². The molecule has 2 aliphatic rings. The first-order valence-corrected chi connectivity index (χ1v) is 15.1. The molecule has 3 aromatic rings. The molecule has 0 aliphatic carbocycles. The topological polar surface area (TPSA) is 83.0 Å². The van der Waals surface area contributed by atoms with Crippen molar-refractivity contribution in [1.82, 2.24) is 4.90 Å². The van der Waals surface area contributed by atoms with E-state index in [4.69, 9.17) is 9.73 Å². The monoisotopic (exact) mass is 568 g/mol. The molecule has 5 rings (SSSR count). The van der Waals surface area contributed by atoms with E-state index in [0.29, 0.717) is 28.2 Å². The van der Waals surface area contributed by atoms with Crippen LogP contribution in [0.1, 0.15) is 60.6 Å². The lowest BCUT2D eigenvalue weighted by atomic mass is 9.93. The quantitative estimate of drug-likeness (QED) is 0.289. The van der Waals surface area contributed by atoms with E-state index < -0.39 is 0 Å². The maximum absolute atomic E-state index is 13.7. The van der Waals surface area contributed by atoms with Crippen LogP contribution >= 0.6 is 11.8 Å². The number of nitrogens with zero attached hydrogens (tertiary/aromatic N) is 2. The Morgan fingerprint density at radius 1 is 0.951 bits per heavy atom. The van der Waals surface area contributed by atoms with Gasteiger partial charge in [-0.05, 0) is 85.8 Å². The van der Waals surface area contributed by atoms with E-state index in [0.717, 1.165) is 54.5 Å². The van der Waals surface area contributed by atoms with E-state index in [1.54, 1.807) is 18.9 Å². The summed E-state index contributed by atoms with van der Waals surface area (Å²) in [5.41, 5.74) is 5.56. The molecule has 1 saturated heterocycles. The Hall–Kier alpha value is -4.04. The number of benzene rings is 3. The number of aryl methyl sites for hydroxylation is 1. The Morgan fingerprint density at radius 2 is 1.61 bits per heavy atom. The van der Waals surface area contributed by atoms with Gasteiger partial charge in [0.15, 0.2) is 5.17 Å². The second kappa shape index (κ2) is 13.1. The summed E-state index contributed by atoms with van der Waals surface area (Å²) in [5.74, 6) is 1.41. The molecule has 0 radical (unpaired) electrons. The highest BCUT2D eigenvalue weighted by atomic mass is 32.2. The molecule has 7 nitrogen and oxygen atoms in total. The summed E-state index contributed by atoms with van der Waals surface area (Å²) >= 11 is 1.72. The molecule has 2 N–H and O–H groups in total. The van der Waals surface area contributed by atoms with Crippen molar-refractivity contribution in [2.24, 2.45) is 4.99 Å². The predicted molar refractivity (Wildman–Crippen MR) is 168 cm³/mol. The van der Waals surface area contributed by atoms with Crippen LogP contribution in [0.3, 0.4) is 0 Å². The third kappa shape index (κ3) is 6.65. The fourth-order valence-electron chi connectivity index (χ4n) is 5.13. The molecule has 8 heteroatoms. The second-order valence-electron chi connectivity index (χ2n) is 10.3. The van der Waals surface area contributed by atoms with E-state index in [9.17, 15) is 9.59 Å². The molecule has 1 fully saturated rings. The van der Waals surface area contributed by atoms with Gasteiger partial charge < -0.3 is 20.3 Å². The van der Waals surface area contributed by atoms with Gasteiger partial charge in [-0.1, -0.05) is 49.4 Å². The maximum atomic E-state index is 13.7. The fraction of sp³-hybridized carbons (Fsp3) is 0.303. The molecule has 2 amide bonds. The molecule has 212 valence electrons. The number of fused-ring (bicyclic) bond motifs is 1. The molecule has 1 unspecified atom stereocenters. The average Bonchev–Trinajstić information content (AvgIpc) is 3.00. The summed E-state index contributed by atoms with van der Waals surface area (Å²) in [5, 5.41) is 7.00. The number of hydrogen-bond donors (Lipinski definition) is 2. The van der Waals surface area contributed by atoms with Crippen molar-refractivity contribution >= 4 is 40.1 Å². The zero-order chi connectivity index (χ0) is 28.8. The first kappa shape index (κ1) is 28.5. The highest BCUT2D eigenvalue weighted by Crippen LogP contribution is 2.40. The predicted octanol–water partition coefficient (Wildman–Crippen LogP) is 7.05. The van der Waals surface area contributed by atoms with Crippen molar-refractivity contribution < 1.29 is 14.3 Å². The molecule has 3 aromatic carbocycles. The van der Waals surface area contributed by atoms with Crippen molar-refractivity contribution in [2.75, 3.05) is 30.0 Å². The molecule has 0 bridgehead atoms. The summed E-state index contributed by atoms with van der Waals surface area (Å²) in [6.07, 6.45) is 4.32. The Morgan fingerprint density at radius 3 is 2.27 bits per heavy atom. The van der Waals surface area contributed by atoms with Crippen LogP contribution < -0.4 is 15.4 Å². The highest BCUT2D eigenvalue weighted by molar-refractivity contribution is 8.13. The molecule has 0 aromatic heterocycles. The lowest BCUT2D eigenvalue weighted by Gasteiger charge is -2.41. The standard InChI is InChI=1S/C33H36N4O3S/c1-4-5-7-23-8-10-25(11-9-23)31(38)35-26-14-12-24(13-15-26)30-29(22(2)34-33-37(30)20-6-21-41-33)32(39)36-27-16-18-28(40-3)19-17-27/h8-19,30H,4-7,20-21H2,1-3H3,(H,35,38)(H,36,39). The lowest BCUT2D eigenvalue weighted by molar-refractivity contribution is -0.113. The summed E-state index contributed by atoms with van der Waals surface area (Å²) in [4.78, 5) is 33.6. The number of aliphatic imine (C=N–C) groups is 1. The van der Waals surface area contributed by atoms with Crippen LogP contribution in [0, 0.1) is 0 Å². The minimum atomic E-state index is -0.283. The Balaban J connectivity index is 1.36. The Bertz CT molecular complexity index is 1450. The highest BCUT2D eigenvalue weighted by Gasteiger charge is 2.37. The van der Waals surface area contributed by atoms with Crippen LogP contribution in [-0.4, -0.2) is 41.3 Å². The summed E-state index contributed by atoms with van der Waals surface area (Å²) in [7, 11) is 1.61. The molecule has 0 spiro atoms. The van der Waals surface area contributed by atoms with Crippen molar-refractivity contribution in [1.29, 1.82) is 0 Å². The molecule has 0 saturated carbocycles. The fourth-order valence-corrected chi connectivity index (χ4v) is 6.15. The van der Waals surface area contributed by atoms with Crippen LogP contribution in [0.15, 0.2) is 89.1 Å². The summed E-state index contributed by atoms with van der Waals surface area (Å²) < 4.78 is 5.24. The molecule has 1 atom stereocenters. The number of rotatable bonds is 9. The van der Waals surface area contributed by atoms with E-state index in [2.05, 4.69) is 22.5 Å². The van der Waals surface area contributed by atoms with Crippen LogP contribution in [0.4, 0.5) is 11.4 Å². The van der Waals surface area contributed by atoms with Gasteiger partial charge in [0, 0.05) is 29.2 Å². The third-order valence-corrected chi connectivity index (χ3v) is 8.45. The van der Waals surface area contributed by atoms with Crippen LogP contribution in [0.2, 0.25) is 0 Å². The van der Waals surface area contributed by atoms with Crippen molar-refractivity contribution in [3.63, 3.8) is 0 Å². The van der Waals surface area contributed by atoms with Crippen LogP contribution in [-0.2, 0) is 11.2 Å². The number of amidine groups is 1. The van der Waals surface area contributed by atoms with Crippen LogP contribution in [0.25, 0.3) is 0 Å².